The van der Waals surface area contributed by atoms with Gasteiger partial charge in [-0.05, 0) is 31.5 Å². The Morgan fingerprint density at radius 3 is 2.24 bits per heavy atom. The Morgan fingerprint density at radius 1 is 1.18 bits per heavy atom. The van der Waals surface area contributed by atoms with Gasteiger partial charge in [0, 0.05) is 27.6 Å². The summed E-state index contributed by atoms with van der Waals surface area (Å²) in [4.78, 5) is 14.2. The zero-order chi connectivity index (χ0) is 12.8. The topological polar surface area (TPSA) is 20.3 Å². The minimum atomic E-state index is 0.1000. The van der Waals surface area contributed by atoms with E-state index in [0.717, 1.165) is 40.4 Å². The standard InChI is InChI=1S/C13H17Br2NO/c1-3-5-6-16(4-2)13(17)10-7-11(14)9-12(15)8-10/h7-9H,3-6H2,1-2H3. The number of rotatable bonds is 5. The van der Waals surface area contributed by atoms with E-state index < -0.39 is 0 Å². The van der Waals surface area contributed by atoms with Crippen LogP contribution in [-0.2, 0) is 0 Å². The second-order valence-electron chi connectivity index (χ2n) is 3.90. The van der Waals surface area contributed by atoms with Crippen molar-refractivity contribution in [2.24, 2.45) is 0 Å². The number of hydrogen-bond acceptors (Lipinski definition) is 1. The highest BCUT2D eigenvalue weighted by atomic mass is 79.9. The summed E-state index contributed by atoms with van der Waals surface area (Å²) < 4.78 is 1.84. The highest BCUT2D eigenvalue weighted by molar-refractivity contribution is 9.11. The van der Waals surface area contributed by atoms with E-state index in [0.29, 0.717) is 0 Å². The van der Waals surface area contributed by atoms with Crippen LogP contribution >= 0.6 is 31.9 Å². The third-order valence-electron chi connectivity index (χ3n) is 2.56. The number of halogens is 2. The van der Waals surface area contributed by atoms with Gasteiger partial charge in [0.25, 0.3) is 5.91 Å². The highest BCUT2D eigenvalue weighted by Gasteiger charge is 2.14. The molecule has 1 rings (SSSR count). The van der Waals surface area contributed by atoms with E-state index in [1.54, 1.807) is 0 Å². The van der Waals surface area contributed by atoms with Gasteiger partial charge in [0.2, 0.25) is 0 Å². The first-order chi connectivity index (χ1) is 8.08. The maximum Gasteiger partial charge on any atom is 0.253 e. The molecule has 0 aliphatic heterocycles. The molecule has 0 unspecified atom stereocenters. The van der Waals surface area contributed by atoms with Crippen molar-refractivity contribution < 1.29 is 4.79 Å². The predicted octanol–water partition coefficient (Wildman–Crippen LogP) is 4.47. The second-order valence-corrected chi connectivity index (χ2v) is 5.73. The van der Waals surface area contributed by atoms with Crippen molar-refractivity contribution in [1.82, 2.24) is 4.90 Å². The lowest BCUT2D eigenvalue weighted by Crippen LogP contribution is -2.31. The van der Waals surface area contributed by atoms with Gasteiger partial charge in [-0.1, -0.05) is 45.2 Å². The summed E-state index contributed by atoms with van der Waals surface area (Å²) in [7, 11) is 0. The molecule has 94 valence electrons. The predicted molar refractivity (Wildman–Crippen MR) is 78.3 cm³/mol. The molecule has 17 heavy (non-hydrogen) atoms. The van der Waals surface area contributed by atoms with Crippen LogP contribution in [0.4, 0.5) is 0 Å². The van der Waals surface area contributed by atoms with E-state index in [-0.39, 0.29) is 5.91 Å². The van der Waals surface area contributed by atoms with Gasteiger partial charge in [-0.25, -0.2) is 0 Å². The monoisotopic (exact) mass is 361 g/mol. The first kappa shape index (κ1) is 14.7. The summed E-state index contributed by atoms with van der Waals surface area (Å²) in [5, 5.41) is 0. The summed E-state index contributed by atoms with van der Waals surface area (Å²) in [6.45, 7) is 5.73. The zero-order valence-electron chi connectivity index (χ0n) is 10.2. The third-order valence-corrected chi connectivity index (χ3v) is 3.48. The lowest BCUT2D eigenvalue weighted by atomic mass is 10.2. The number of amides is 1. The molecule has 0 atom stereocenters. The van der Waals surface area contributed by atoms with Crippen molar-refractivity contribution in [2.45, 2.75) is 26.7 Å². The molecule has 4 heteroatoms. The van der Waals surface area contributed by atoms with E-state index in [4.69, 9.17) is 0 Å². The summed E-state index contributed by atoms with van der Waals surface area (Å²) >= 11 is 6.81. The smallest absolute Gasteiger partial charge is 0.253 e. The lowest BCUT2D eigenvalue weighted by molar-refractivity contribution is 0.0762. The molecule has 0 aromatic heterocycles. The normalized spacial score (nSPS) is 10.4. The van der Waals surface area contributed by atoms with Gasteiger partial charge in [0.1, 0.15) is 0 Å². The van der Waals surface area contributed by atoms with Gasteiger partial charge in [0.05, 0.1) is 0 Å². The van der Waals surface area contributed by atoms with E-state index in [1.165, 1.54) is 0 Å². The molecule has 0 radical (unpaired) electrons. The van der Waals surface area contributed by atoms with Crippen molar-refractivity contribution in [3.05, 3.63) is 32.7 Å². The fourth-order valence-electron chi connectivity index (χ4n) is 1.61. The van der Waals surface area contributed by atoms with Gasteiger partial charge >= 0.3 is 0 Å². The summed E-state index contributed by atoms with van der Waals surface area (Å²) in [6.07, 6.45) is 2.15. The molecule has 0 saturated carbocycles. The zero-order valence-corrected chi connectivity index (χ0v) is 13.3. The summed E-state index contributed by atoms with van der Waals surface area (Å²) in [5.41, 5.74) is 0.726. The van der Waals surface area contributed by atoms with Crippen molar-refractivity contribution in [1.29, 1.82) is 0 Å². The quantitative estimate of drug-likeness (QED) is 0.756. The molecule has 1 amide bonds. The van der Waals surface area contributed by atoms with Gasteiger partial charge < -0.3 is 4.90 Å². The average Bonchev–Trinajstić information content (AvgIpc) is 2.28. The van der Waals surface area contributed by atoms with E-state index in [1.807, 2.05) is 30.0 Å². The molecule has 0 fully saturated rings. The lowest BCUT2D eigenvalue weighted by Gasteiger charge is -2.20. The average molecular weight is 363 g/mol. The molecule has 0 N–H and O–H groups in total. The number of carbonyl (C=O) groups excluding carboxylic acids is 1. The van der Waals surface area contributed by atoms with Gasteiger partial charge in [-0.3, -0.25) is 4.79 Å². The Kier molecular flexibility index (Phi) is 6.20. The SMILES string of the molecule is CCCCN(CC)C(=O)c1cc(Br)cc(Br)c1. The van der Waals surface area contributed by atoms with Gasteiger partial charge in [-0.15, -0.1) is 0 Å². The molecule has 0 bridgehead atoms. The van der Waals surface area contributed by atoms with Crippen LogP contribution in [-0.4, -0.2) is 23.9 Å². The Labute approximate surface area is 120 Å². The Morgan fingerprint density at radius 2 is 1.76 bits per heavy atom. The molecule has 0 aliphatic carbocycles. The molecule has 0 heterocycles. The van der Waals surface area contributed by atoms with Crippen LogP contribution in [0, 0.1) is 0 Å². The van der Waals surface area contributed by atoms with Crippen molar-refractivity contribution in [2.75, 3.05) is 13.1 Å². The second kappa shape index (κ2) is 7.17. The maximum absolute atomic E-state index is 12.3. The minimum absolute atomic E-state index is 0.1000. The molecule has 0 saturated heterocycles. The molecule has 0 aliphatic rings. The van der Waals surface area contributed by atoms with E-state index >= 15 is 0 Å². The third kappa shape index (κ3) is 4.43. The highest BCUT2D eigenvalue weighted by Crippen LogP contribution is 2.21. The van der Waals surface area contributed by atoms with E-state index in [9.17, 15) is 4.79 Å². The Hall–Kier alpha value is -0.350. The first-order valence-corrected chi connectivity index (χ1v) is 7.42. The number of benzene rings is 1. The maximum atomic E-state index is 12.3. The van der Waals surface area contributed by atoms with Crippen LogP contribution in [0.3, 0.4) is 0 Å². The summed E-state index contributed by atoms with van der Waals surface area (Å²) in [5.74, 6) is 0.1000. The van der Waals surface area contributed by atoms with Crippen LogP contribution in [0.2, 0.25) is 0 Å². The first-order valence-electron chi connectivity index (χ1n) is 5.83. The molecule has 1 aromatic rings. The minimum Gasteiger partial charge on any atom is -0.339 e. The van der Waals surface area contributed by atoms with Crippen LogP contribution in [0.15, 0.2) is 27.1 Å². The van der Waals surface area contributed by atoms with E-state index in [2.05, 4.69) is 38.8 Å². The molecular weight excluding hydrogens is 346 g/mol. The molecular formula is C13H17Br2NO. The Balaban J connectivity index is 2.85. The number of nitrogens with zero attached hydrogens (tertiary/aromatic N) is 1. The number of carbonyl (C=O) groups is 1. The Bertz CT molecular complexity index is 373. The molecule has 2 nitrogen and oxygen atoms in total. The fraction of sp³-hybridized carbons (Fsp3) is 0.462. The van der Waals surface area contributed by atoms with Crippen LogP contribution in [0.1, 0.15) is 37.0 Å². The van der Waals surface area contributed by atoms with Crippen LogP contribution in [0.5, 0.6) is 0 Å². The van der Waals surface area contributed by atoms with Crippen LogP contribution < -0.4 is 0 Å². The molecule has 1 aromatic carbocycles. The summed E-state index contributed by atoms with van der Waals surface area (Å²) in [6, 6.07) is 5.66. The van der Waals surface area contributed by atoms with Crippen molar-refractivity contribution in [3.63, 3.8) is 0 Å². The van der Waals surface area contributed by atoms with Crippen molar-refractivity contribution >= 4 is 37.8 Å². The fourth-order valence-corrected chi connectivity index (χ4v) is 2.91. The van der Waals surface area contributed by atoms with Crippen molar-refractivity contribution in [3.8, 4) is 0 Å². The number of unbranched alkanes of at least 4 members (excludes halogenated alkanes) is 1. The molecule has 0 spiro atoms. The largest absolute Gasteiger partial charge is 0.339 e. The van der Waals surface area contributed by atoms with Crippen LogP contribution in [0.25, 0.3) is 0 Å². The number of hydrogen-bond donors (Lipinski definition) is 0. The van der Waals surface area contributed by atoms with Gasteiger partial charge in [0.15, 0.2) is 0 Å². The van der Waals surface area contributed by atoms with Gasteiger partial charge in [-0.2, -0.15) is 0 Å².